The fourth-order valence-electron chi connectivity index (χ4n) is 1.91. The molecule has 0 unspecified atom stereocenters. The molecule has 0 spiro atoms. The van der Waals surface area contributed by atoms with E-state index in [4.69, 9.17) is 0 Å². The number of fused-ring (bicyclic) bond motifs is 1. The van der Waals surface area contributed by atoms with Crippen molar-refractivity contribution in [2.45, 2.75) is 18.0 Å². The molecule has 0 amide bonds. The molecule has 0 saturated heterocycles. The zero-order valence-corrected chi connectivity index (χ0v) is 12.2. The van der Waals surface area contributed by atoms with Crippen molar-refractivity contribution in [2.24, 2.45) is 10.2 Å². The van der Waals surface area contributed by atoms with Crippen molar-refractivity contribution in [1.82, 2.24) is 3.97 Å². The average Bonchev–Trinajstić information content (AvgIpc) is 2.83. The van der Waals surface area contributed by atoms with Crippen molar-refractivity contribution in [3.05, 3.63) is 52.3 Å². The average molecular weight is 340 g/mol. The van der Waals surface area contributed by atoms with Crippen LogP contribution in [0.3, 0.4) is 0 Å². The van der Waals surface area contributed by atoms with Crippen LogP contribution in [-0.4, -0.2) is 12.4 Å². The summed E-state index contributed by atoms with van der Waals surface area (Å²) in [5.74, 6) is 0. The van der Waals surface area contributed by atoms with Crippen LogP contribution in [0.4, 0.5) is 0 Å². The van der Waals surface area contributed by atoms with Gasteiger partial charge in [-0.25, -0.2) is 12.4 Å². The Balaban J connectivity index is 2.05. The summed E-state index contributed by atoms with van der Waals surface area (Å²) in [4.78, 5) is 0.261. The van der Waals surface area contributed by atoms with E-state index in [2.05, 4.69) is 26.2 Å². The molecule has 0 radical (unpaired) electrons. The van der Waals surface area contributed by atoms with Gasteiger partial charge in [0.15, 0.2) is 0 Å². The number of rotatable bonds is 2. The molecule has 5 nitrogen and oxygen atoms in total. The van der Waals surface area contributed by atoms with E-state index in [0.29, 0.717) is 13.1 Å². The molecule has 0 N–H and O–H groups in total. The molecule has 98 valence electrons. The van der Waals surface area contributed by atoms with Gasteiger partial charge in [0.05, 0.1) is 18.0 Å². The summed E-state index contributed by atoms with van der Waals surface area (Å²) in [6, 6.07) is 6.57. The fourth-order valence-corrected chi connectivity index (χ4v) is 3.43. The number of hydrogen-bond donors (Lipinski definition) is 0. The van der Waals surface area contributed by atoms with Crippen molar-refractivity contribution in [2.75, 3.05) is 0 Å². The highest BCUT2D eigenvalue weighted by Gasteiger charge is 2.20. The van der Waals surface area contributed by atoms with Gasteiger partial charge in [0.2, 0.25) is 0 Å². The summed E-state index contributed by atoms with van der Waals surface area (Å²) in [5, 5.41) is 7.82. The monoisotopic (exact) mass is 339 g/mol. The van der Waals surface area contributed by atoms with Crippen molar-refractivity contribution in [3.8, 4) is 0 Å². The quantitative estimate of drug-likeness (QED) is 0.844. The lowest BCUT2D eigenvalue weighted by Crippen LogP contribution is -2.10. The minimum atomic E-state index is -3.54. The van der Waals surface area contributed by atoms with Crippen molar-refractivity contribution < 1.29 is 8.42 Å². The van der Waals surface area contributed by atoms with Gasteiger partial charge >= 0.3 is 0 Å². The predicted octanol–water partition coefficient (Wildman–Crippen LogP) is 2.95. The van der Waals surface area contributed by atoms with E-state index in [1.54, 1.807) is 36.7 Å². The van der Waals surface area contributed by atoms with Gasteiger partial charge in [-0.15, -0.1) is 0 Å². The van der Waals surface area contributed by atoms with Crippen molar-refractivity contribution in [1.29, 1.82) is 0 Å². The Hall–Kier alpha value is -1.47. The SMILES string of the molecule is O=S(=O)(c1ccc(Br)cc1)n1cc2c(c1)CN=NC2. The Morgan fingerprint density at radius 1 is 1.00 bits per heavy atom. The Morgan fingerprint density at radius 3 is 2.05 bits per heavy atom. The molecule has 0 saturated carbocycles. The van der Waals surface area contributed by atoms with Crippen LogP contribution in [0.15, 0.2) is 56.3 Å². The molecule has 1 aliphatic rings. The second-order valence-corrected chi connectivity index (χ2v) is 6.96. The zero-order valence-electron chi connectivity index (χ0n) is 9.82. The maximum absolute atomic E-state index is 12.4. The van der Waals surface area contributed by atoms with Gasteiger partial charge in [0, 0.05) is 16.9 Å². The summed E-state index contributed by atoms with van der Waals surface area (Å²) >= 11 is 3.29. The van der Waals surface area contributed by atoms with Crippen LogP contribution in [-0.2, 0) is 23.1 Å². The third kappa shape index (κ3) is 2.23. The maximum Gasteiger partial charge on any atom is 0.267 e. The summed E-state index contributed by atoms with van der Waals surface area (Å²) in [6.45, 7) is 0.885. The molecule has 1 aliphatic heterocycles. The molecule has 1 aromatic heterocycles. The summed E-state index contributed by atoms with van der Waals surface area (Å²) in [6.07, 6.45) is 3.23. The first-order chi connectivity index (χ1) is 9.07. The molecule has 0 atom stereocenters. The summed E-state index contributed by atoms with van der Waals surface area (Å²) in [7, 11) is -3.54. The minimum absolute atomic E-state index is 0.261. The van der Waals surface area contributed by atoms with Gasteiger partial charge in [-0.3, -0.25) is 0 Å². The number of halogens is 1. The number of nitrogens with zero attached hydrogens (tertiary/aromatic N) is 3. The second kappa shape index (κ2) is 4.57. The number of benzene rings is 1. The smallest absolute Gasteiger partial charge is 0.248 e. The molecule has 2 heterocycles. The second-order valence-electron chi connectivity index (χ2n) is 4.20. The maximum atomic E-state index is 12.4. The minimum Gasteiger partial charge on any atom is -0.248 e. The molecule has 19 heavy (non-hydrogen) atoms. The molecular formula is C12H10BrN3O2S. The highest BCUT2D eigenvalue weighted by molar-refractivity contribution is 9.10. The molecule has 1 aromatic carbocycles. The Kier molecular flexibility index (Phi) is 3.02. The van der Waals surface area contributed by atoms with Gasteiger partial charge in [-0.1, -0.05) is 15.9 Å². The molecular weight excluding hydrogens is 330 g/mol. The molecule has 0 aliphatic carbocycles. The number of azo groups is 1. The van der Waals surface area contributed by atoms with Gasteiger partial charge in [-0.05, 0) is 35.4 Å². The topological polar surface area (TPSA) is 63.8 Å². The zero-order chi connectivity index (χ0) is 13.5. The Bertz CT molecular complexity index is 722. The third-order valence-electron chi connectivity index (χ3n) is 2.95. The van der Waals surface area contributed by atoms with Crippen LogP contribution >= 0.6 is 15.9 Å². The van der Waals surface area contributed by atoms with E-state index in [1.807, 2.05) is 0 Å². The fraction of sp³-hybridized carbons (Fsp3) is 0.167. The van der Waals surface area contributed by atoms with E-state index < -0.39 is 10.0 Å². The summed E-state index contributed by atoms with van der Waals surface area (Å²) in [5.41, 5.74) is 1.83. The van der Waals surface area contributed by atoms with Crippen LogP contribution in [0, 0.1) is 0 Å². The lowest BCUT2D eigenvalue weighted by Gasteiger charge is -2.05. The highest BCUT2D eigenvalue weighted by Crippen LogP contribution is 2.23. The summed E-state index contributed by atoms with van der Waals surface area (Å²) < 4.78 is 27.0. The third-order valence-corrected chi connectivity index (χ3v) is 5.11. The van der Waals surface area contributed by atoms with E-state index in [-0.39, 0.29) is 4.90 Å². The normalized spacial score (nSPS) is 14.4. The molecule has 2 aromatic rings. The van der Waals surface area contributed by atoms with E-state index in [9.17, 15) is 8.42 Å². The number of hydrogen-bond acceptors (Lipinski definition) is 4. The highest BCUT2D eigenvalue weighted by atomic mass is 79.9. The van der Waals surface area contributed by atoms with Crippen LogP contribution in [0.5, 0.6) is 0 Å². The lowest BCUT2D eigenvalue weighted by molar-refractivity contribution is 0.587. The van der Waals surface area contributed by atoms with Crippen LogP contribution in [0.25, 0.3) is 0 Å². The van der Waals surface area contributed by atoms with E-state index in [0.717, 1.165) is 15.6 Å². The van der Waals surface area contributed by atoms with Crippen LogP contribution in [0.2, 0.25) is 0 Å². The first-order valence-electron chi connectivity index (χ1n) is 5.61. The van der Waals surface area contributed by atoms with Gasteiger partial charge in [0.1, 0.15) is 0 Å². The number of aromatic nitrogens is 1. The first kappa shape index (κ1) is 12.6. The Labute approximate surface area is 119 Å². The predicted molar refractivity (Wildman–Crippen MR) is 73.4 cm³/mol. The standard InChI is InChI=1S/C12H10BrN3O2S/c13-11-1-3-12(4-2-11)19(17,18)16-7-9-5-14-15-6-10(9)8-16/h1-4,7-8H,5-6H2. The first-order valence-corrected chi connectivity index (χ1v) is 7.85. The van der Waals surface area contributed by atoms with Gasteiger partial charge < -0.3 is 0 Å². The van der Waals surface area contributed by atoms with Crippen LogP contribution in [0.1, 0.15) is 11.1 Å². The van der Waals surface area contributed by atoms with Crippen molar-refractivity contribution in [3.63, 3.8) is 0 Å². The molecule has 0 bridgehead atoms. The van der Waals surface area contributed by atoms with E-state index in [1.165, 1.54) is 3.97 Å². The lowest BCUT2D eigenvalue weighted by atomic mass is 10.2. The molecule has 0 fully saturated rings. The molecule has 3 rings (SSSR count). The van der Waals surface area contributed by atoms with Crippen LogP contribution < -0.4 is 0 Å². The van der Waals surface area contributed by atoms with E-state index >= 15 is 0 Å². The van der Waals surface area contributed by atoms with Crippen molar-refractivity contribution >= 4 is 26.0 Å². The van der Waals surface area contributed by atoms with Gasteiger partial charge in [-0.2, -0.15) is 10.2 Å². The Morgan fingerprint density at radius 2 is 1.53 bits per heavy atom. The largest absolute Gasteiger partial charge is 0.267 e. The molecule has 7 heteroatoms. The van der Waals surface area contributed by atoms with Gasteiger partial charge in [0.25, 0.3) is 10.0 Å².